The second-order valence-electron chi connectivity index (χ2n) is 6.51. The fourth-order valence-corrected chi connectivity index (χ4v) is 3.35. The fraction of sp³-hybridized carbons (Fsp3) is 0.471. The number of carbonyl (C=O) groups excluding carboxylic acids is 2. The molecule has 7 nitrogen and oxygen atoms in total. The summed E-state index contributed by atoms with van der Waals surface area (Å²) in [6, 6.07) is 4.08. The number of carboxylic acids is 1. The molecule has 3 N–H and O–H groups in total. The Hall–Kier alpha value is -2.64. The molecule has 8 heteroatoms. The molecule has 2 fully saturated rings. The molecule has 2 unspecified atom stereocenters. The maximum absolute atomic E-state index is 14.5. The van der Waals surface area contributed by atoms with Gasteiger partial charge >= 0.3 is 5.97 Å². The van der Waals surface area contributed by atoms with Crippen LogP contribution in [0.25, 0.3) is 0 Å². The normalized spacial score (nSPS) is 23.5. The summed E-state index contributed by atoms with van der Waals surface area (Å²) in [5.41, 5.74) is 0.902. The van der Waals surface area contributed by atoms with Crippen LogP contribution in [0.5, 0.6) is 0 Å². The van der Waals surface area contributed by atoms with Gasteiger partial charge in [0, 0.05) is 31.6 Å². The third kappa shape index (κ3) is 4.07. The highest BCUT2D eigenvalue weighted by Crippen LogP contribution is 2.29. The van der Waals surface area contributed by atoms with Crippen molar-refractivity contribution in [2.75, 3.05) is 23.3 Å². The first-order valence-electron chi connectivity index (χ1n) is 8.29. The highest BCUT2D eigenvalue weighted by molar-refractivity contribution is 6.01. The van der Waals surface area contributed by atoms with E-state index in [0.717, 1.165) is 6.42 Å². The Kier molecular flexibility index (Phi) is 4.87. The smallest absolute Gasteiger partial charge is 0.303 e. The predicted molar refractivity (Wildman–Crippen MR) is 88.8 cm³/mol. The number of hydrogen-bond acceptors (Lipinski definition) is 5. The minimum absolute atomic E-state index is 0.0261. The van der Waals surface area contributed by atoms with Gasteiger partial charge in [0.25, 0.3) is 0 Å². The number of imide groups is 1. The van der Waals surface area contributed by atoms with Crippen molar-refractivity contribution in [1.29, 1.82) is 0 Å². The van der Waals surface area contributed by atoms with Crippen LogP contribution < -0.4 is 15.5 Å². The average Bonchev–Trinajstić information content (AvgIpc) is 2.97. The first-order valence-corrected chi connectivity index (χ1v) is 8.29. The molecule has 25 heavy (non-hydrogen) atoms. The lowest BCUT2D eigenvalue weighted by Crippen LogP contribution is -2.47. The van der Waals surface area contributed by atoms with E-state index in [1.54, 1.807) is 12.1 Å². The standard InChI is InChI=1S/C17H20FN3O4/c18-12-8-11(19-13-2-4-15(22)20-17(13)25)1-3-14(12)21-6-5-10(9-21)7-16(23)24/h1,3,8,10,13,19H,2,4-7,9H2,(H,23,24)(H,20,22,25). The third-order valence-corrected chi connectivity index (χ3v) is 4.62. The lowest BCUT2D eigenvalue weighted by Gasteiger charge is -2.24. The van der Waals surface area contributed by atoms with Gasteiger partial charge in [-0.3, -0.25) is 19.7 Å². The molecule has 2 heterocycles. The lowest BCUT2D eigenvalue weighted by atomic mass is 10.1. The number of nitrogens with zero attached hydrogens (tertiary/aromatic N) is 1. The summed E-state index contributed by atoms with van der Waals surface area (Å²) in [6.07, 6.45) is 1.44. The maximum atomic E-state index is 14.5. The van der Waals surface area contributed by atoms with E-state index in [2.05, 4.69) is 10.6 Å². The van der Waals surface area contributed by atoms with Gasteiger partial charge in [-0.05, 0) is 37.0 Å². The quantitative estimate of drug-likeness (QED) is 0.694. The van der Waals surface area contributed by atoms with E-state index in [0.29, 0.717) is 30.9 Å². The van der Waals surface area contributed by atoms with Crippen LogP contribution in [0.3, 0.4) is 0 Å². The second-order valence-corrected chi connectivity index (χ2v) is 6.51. The zero-order chi connectivity index (χ0) is 18.0. The van der Waals surface area contributed by atoms with E-state index in [1.807, 2.05) is 4.90 Å². The molecule has 2 aliphatic rings. The Labute approximate surface area is 144 Å². The Morgan fingerprint density at radius 3 is 2.84 bits per heavy atom. The average molecular weight is 349 g/mol. The van der Waals surface area contributed by atoms with Crippen LogP contribution in [0.15, 0.2) is 18.2 Å². The largest absolute Gasteiger partial charge is 0.481 e. The molecule has 0 aromatic heterocycles. The zero-order valence-electron chi connectivity index (χ0n) is 13.6. The van der Waals surface area contributed by atoms with Crippen LogP contribution in [-0.4, -0.2) is 42.0 Å². The van der Waals surface area contributed by atoms with Gasteiger partial charge in [0.05, 0.1) is 5.69 Å². The number of nitrogens with one attached hydrogen (secondary N) is 2. The number of hydrogen-bond donors (Lipinski definition) is 3. The van der Waals surface area contributed by atoms with Crippen LogP contribution >= 0.6 is 0 Å². The maximum Gasteiger partial charge on any atom is 0.303 e. The Morgan fingerprint density at radius 1 is 1.36 bits per heavy atom. The first-order chi connectivity index (χ1) is 11.9. The Balaban J connectivity index is 1.64. The molecule has 2 amide bonds. The predicted octanol–water partition coefficient (Wildman–Crippen LogP) is 1.34. The van der Waals surface area contributed by atoms with Gasteiger partial charge in [-0.25, -0.2) is 4.39 Å². The Bertz CT molecular complexity index is 709. The number of halogens is 1. The van der Waals surface area contributed by atoms with E-state index in [1.165, 1.54) is 6.07 Å². The monoisotopic (exact) mass is 349 g/mol. The minimum atomic E-state index is -0.837. The summed E-state index contributed by atoms with van der Waals surface area (Å²) in [5.74, 6) is -1.94. The van der Waals surface area contributed by atoms with Crippen molar-refractivity contribution in [2.24, 2.45) is 5.92 Å². The third-order valence-electron chi connectivity index (χ3n) is 4.62. The summed E-state index contributed by atoms with van der Waals surface area (Å²) in [5, 5.41) is 14.1. The summed E-state index contributed by atoms with van der Waals surface area (Å²) in [7, 11) is 0. The molecule has 0 bridgehead atoms. The molecule has 0 aliphatic carbocycles. The lowest BCUT2D eigenvalue weighted by molar-refractivity contribution is -0.138. The van der Waals surface area contributed by atoms with Crippen LogP contribution in [0.2, 0.25) is 0 Å². The number of rotatable bonds is 5. The van der Waals surface area contributed by atoms with E-state index in [4.69, 9.17) is 5.11 Å². The molecular weight excluding hydrogens is 329 g/mol. The van der Waals surface area contributed by atoms with E-state index in [-0.39, 0.29) is 24.7 Å². The van der Waals surface area contributed by atoms with Gasteiger partial charge in [0.15, 0.2) is 0 Å². The first kappa shape index (κ1) is 17.2. The zero-order valence-corrected chi connectivity index (χ0v) is 13.6. The van der Waals surface area contributed by atoms with Gasteiger partial charge in [0.1, 0.15) is 11.9 Å². The number of benzene rings is 1. The minimum Gasteiger partial charge on any atom is -0.481 e. The summed E-state index contributed by atoms with van der Waals surface area (Å²) >= 11 is 0. The van der Waals surface area contributed by atoms with Crippen LogP contribution in [-0.2, 0) is 14.4 Å². The van der Waals surface area contributed by atoms with Crippen LogP contribution in [0.4, 0.5) is 15.8 Å². The van der Waals surface area contributed by atoms with Crippen LogP contribution in [0.1, 0.15) is 25.7 Å². The highest BCUT2D eigenvalue weighted by Gasteiger charge is 2.28. The van der Waals surface area contributed by atoms with Gasteiger partial charge < -0.3 is 15.3 Å². The molecule has 0 saturated carbocycles. The van der Waals surface area contributed by atoms with Gasteiger partial charge in [-0.1, -0.05) is 0 Å². The molecule has 134 valence electrons. The number of amides is 2. The van der Waals surface area contributed by atoms with Gasteiger partial charge in [-0.15, -0.1) is 0 Å². The topological polar surface area (TPSA) is 98.7 Å². The molecular formula is C17H20FN3O4. The summed E-state index contributed by atoms with van der Waals surface area (Å²) in [6.45, 7) is 1.14. The van der Waals surface area contributed by atoms with Crippen LogP contribution in [0, 0.1) is 11.7 Å². The van der Waals surface area contributed by atoms with Crippen molar-refractivity contribution >= 4 is 29.2 Å². The molecule has 2 saturated heterocycles. The number of aliphatic carboxylic acids is 1. The number of carbonyl (C=O) groups is 3. The summed E-state index contributed by atoms with van der Waals surface area (Å²) in [4.78, 5) is 35.5. The van der Waals surface area contributed by atoms with Crippen molar-refractivity contribution in [3.8, 4) is 0 Å². The number of piperidine rings is 1. The number of carboxylic acid groups (broad SMARTS) is 1. The second kappa shape index (κ2) is 7.08. The molecule has 2 aliphatic heterocycles. The van der Waals surface area contributed by atoms with Crippen molar-refractivity contribution in [3.05, 3.63) is 24.0 Å². The van der Waals surface area contributed by atoms with Gasteiger partial charge in [0.2, 0.25) is 11.8 Å². The highest BCUT2D eigenvalue weighted by atomic mass is 19.1. The van der Waals surface area contributed by atoms with E-state index < -0.39 is 23.7 Å². The summed E-state index contributed by atoms with van der Waals surface area (Å²) < 4.78 is 14.5. The molecule has 1 aromatic rings. The van der Waals surface area contributed by atoms with E-state index >= 15 is 0 Å². The number of anilines is 2. The molecule has 3 rings (SSSR count). The van der Waals surface area contributed by atoms with E-state index in [9.17, 15) is 18.8 Å². The Morgan fingerprint density at radius 2 is 2.16 bits per heavy atom. The van der Waals surface area contributed by atoms with Crippen molar-refractivity contribution in [1.82, 2.24) is 5.32 Å². The molecule has 0 spiro atoms. The fourth-order valence-electron chi connectivity index (χ4n) is 3.35. The van der Waals surface area contributed by atoms with Crippen molar-refractivity contribution in [3.63, 3.8) is 0 Å². The molecule has 2 atom stereocenters. The molecule has 1 aromatic carbocycles. The SMILES string of the molecule is O=C(O)CC1CCN(c2ccc(NC3CCC(=O)NC3=O)cc2F)C1. The van der Waals surface area contributed by atoms with Crippen molar-refractivity contribution in [2.45, 2.75) is 31.7 Å². The van der Waals surface area contributed by atoms with Crippen molar-refractivity contribution < 1.29 is 23.9 Å². The molecule has 0 radical (unpaired) electrons. The van der Waals surface area contributed by atoms with Gasteiger partial charge in [-0.2, -0.15) is 0 Å².